The number of rotatable bonds is 5. The first-order valence-electron chi connectivity index (χ1n) is 8.73. The number of nitrogens with zero attached hydrogens (tertiary/aromatic N) is 4. The first-order chi connectivity index (χ1) is 12.5. The summed E-state index contributed by atoms with van der Waals surface area (Å²) in [6.07, 6.45) is 7.08. The molecule has 9 nitrogen and oxygen atoms in total. The Morgan fingerprint density at radius 1 is 1.23 bits per heavy atom. The van der Waals surface area contributed by atoms with Gasteiger partial charge in [0.05, 0.1) is 10.5 Å². The Morgan fingerprint density at radius 2 is 1.88 bits per heavy atom. The first-order valence-corrected chi connectivity index (χ1v) is 8.73. The number of aliphatic carboxylic acids is 1. The molecule has 3 rings (SSSR count). The maximum Gasteiger partial charge on any atom is 0.370 e. The fraction of sp³-hybridized carbons (Fsp3) is 0.529. The number of carbonyl (C=O) groups is 1. The number of aromatic nitrogens is 1. The maximum atomic E-state index is 11.1. The number of aliphatic hydroxyl groups is 1. The number of hydrogen-bond donors (Lipinski definition) is 2. The average molecular weight is 362 g/mol. The van der Waals surface area contributed by atoms with Gasteiger partial charge in [0.25, 0.3) is 5.69 Å². The van der Waals surface area contributed by atoms with E-state index in [1.54, 1.807) is 0 Å². The fourth-order valence-electron chi connectivity index (χ4n) is 3.69. The third kappa shape index (κ3) is 3.93. The van der Waals surface area contributed by atoms with Crippen LogP contribution in [0.3, 0.4) is 0 Å². The van der Waals surface area contributed by atoms with Gasteiger partial charge in [0.2, 0.25) is 5.76 Å². The normalized spacial score (nSPS) is 19.7. The number of nitro groups is 1. The van der Waals surface area contributed by atoms with Crippen LogP contribution in [0.2, 0.25) is 0 Å². The van der Waals surface area contributed by atoms with Crippen LogP contribution in [0.1, 0.15) is 31.2 Å². The van der Waals surface area contributed by atoms with Gasteiger partial charge in [0, 0.05) is 38.3 Å². The van der Waals surface area contributed by atoms with Crippen LogP contribution in [0.5, 0.6) is 0 Å². The molecule has 1 aliphatic carbocycles. The summed E-state index contributed by atoms with van der Waals surface area (Å²) >= 11 is 0. The highest BCUT2D eigenvalue weighted by Crippen LogP contribution is 2.27. The zero-order valence-electron chi connectivity index (χ0n) is 14.4. The van der Waals surface area contributed by atoms with Crippen LogP contribution in [-0.2, 0) is 4.79 Å². The summed E-state index contributed by atoms with van der Waals surface area (Å²) in [5, 5.41) is 29.4. The summed E-state index contributed by atoms with van der Waals surface area (Å²) < 4.78 is 0. The molecule has 0 atom stereocenters. The molecule has 1 aliphatic heterocycles. The molecule has 0 unspecified atom stereocenters. The Balaban J connectivity index is 1.77. The third-order valence-corrected chi connectivity index (χ3v) is 5.09. The Hall–Kier alpha value is -2.68. The molecule has 1 saturated carbocycles. The second-order valence-corrected chi connectivity index (χ2v) is 6.65. The van der Waals surface area contributed by atoms with E-state index in [9.17, 15) is 20.0 Å². The van der Waals surface area contributed by atoms with Gasteiger partial charge in [0.15, 0.2) is 0 Å². The molecule has 26 heavy (non-hydrogen) atoms. The standard InChI is InChI=1S/C17H22N4O5/c22-15(17(23)24)9-12-10-16(18-11-14(12)21(25)26)20-7-5-19(6-8-20)13-3-1-2-4-13/h9-11,13,22H,1-8H2,(H,23,24)/b15-9-. The highest BCUT2D eigenvalue weighted by molar-refractivity contribution is 5.90. The first kappa shape index (κ1) is 18.1. The van der Waals surface area contributed by atoms with Gasteiger partial charge in [-0.2, -0.15) is 0 Å². The molecule has 0 spiro atoms. The summed E-state index contributed by atoms with van der Waals surface area (Å²) in [7, 11) is 0. The molecular formula is C17H22N4O5. The molecule has 2 fully saturated rings. The molecule has 9 heteroatoms. The minimum Gasteiger partial charge on any atom is -0.502 e. The number of hydrogen-bond acceptors (Lipinski definition) is 7. The van der Waals surface area contributed by atoms with Crippen molar-refractivity contribution in [2.24, 2.45) is 0 Å². The summed E-state index contributed by atoms with van der Waals surface area (Å²) in [5.74, 6) is -1.94. The van der Waals surface area contributed by atoms with Crippen LogP contribution in [0.4, 0.5) is 11.5 Å². The number of carboxylic acids is 1. The zero-order valence-corrected chi connectivity index (χ0v) is 14.4. The van der Waals surface area contributed by atoms with Crippen LogP contribution < -0.4 is 4.90 Å². The van der Waals surface area contributed by atoms with E-state index in [-0.39, 0.29) is 11.3 Å². The maximum absolute atomic E-state index is 11.1. The van der Waals surface area contributed by atoms with Crippen molar-refractivity contribution >= 4 is 23.6 Å². The minimum absolute atomic E-state index is 0.0260. The van der Waals surface area contributed by atoms with Crippen LogP contribution >= 0.6 is 0 Å². The average Bonchev–Trinajstić information content (AvgIpc) is 3.16. The number of piperazine rings is 1. The molecule has 2 N–H and O–H groups in total. The van der Waals surface area contributed by atoms with E-state index in [2.05, 4.69) is 9.88 Å². The molecule has 0 bridgehead atoms. The topological polar surface area (TPSA) is 120 Å². The Labute approximate surface area is 150 Å². The SMILES string of the molecule is O=C(O)/C(O)=C/c1cc(N2CCN(C3CCCC3)CC2)ncc1[N+](=O)[O-]. The number of aliphatic hydroxyl groups excluding tert-OH is 1. The molecule has 1 saturated heterocycles. The van der Waals surface area contributed by atoms with Crippen molar-refractivity contribution in [1.29, 1.82) is 0 Å². The van der Waals surface area contributed by atoms with E-state index in [0.717, 1.165) is 38.5 Å². The van der Waals surface area contributed by atoms with E-state index in [1.807, 2.05) is 4.90 Å². The molecule has 0 amide bonds. The summed E-state index contributed by atoms with van der Waals surface area (Å²) in [6.45, 7) is 3.34. The largest absolute Gasteiger partial charge is 0.502 e. The van der Waals surface area contributed by atoms with Gasteiger partial charge in [-0.3, -0.25) is 15.0 Å². The van der Waals surface area contributed by atoms with Gasteiger partial charge in [0.1, 0.15) is 12.0 Å². The number of pyridine rings is 1. The van der Waals surface area contributed by atoms with E-state index in [0.29, 0.717) is 11.9 Å². The van der Waals surface area contributed by atoms with Crippen LogP contribution in [-0.4, -0.2) is 63.2 Å². The smallest absolute Gasteiger partial charge is 0.370 e. The zero-order chi connectivity index (χ0) is 18.7. The number of anilines is 1. The molecule has 1 aromatic heterocycles. The quantitative estimate of drug-likeness (QED) is 0.353. The van der Waals surface area contributed by atoms with Crippen LogP contribution in [0, 0.1) is 10.1 Å². The summed E-state index contributed by atoms with van der Waals surface area (Å²) in [6, 6.07) is 2.12. The van der Waals surface area contributed by atoms with Crippen molar-refractivity contribution in [3.8, 4) is 0 Å². The number of carboxylic acid groups (broad SMARTS) is 1. The van der Waals surface area contributed by atoms with E-state index in [1.165, 1.54) is 31.7 Å². The van der Waals surface area contributed by atoms with Crippen LogP contribution in [0.25, 0.3) is 6.08 Å². The third-order valence-electron chi connectivity index (χ3n) is 5.09. The van der Waals surface area contributed by atoms with E-state index < -0.39 is 16.7 Å². The van der Waals surface area contributed by atoms with E-state index in [4.69, 9.17) is 5.11 Å². The monoisotopic (exact) mass is 362 g/mol. The van der Waals surface area contributed by atoms with Crippen molar-refractivity contribution in [1.82, 2.24) is 9.88 Å². The molecule has 0 aromatic carbocycles. The molecule has 2 aliphatic rings. The molecule has 140 valence electrons. The van der Waals surface area contributed by atoms with E-state index >= 15 is 0 Å². The second-order valence-electron chi connectivity index (χ2n) is 6.65. The molecule has 1 aromatic rings. The lowest BCUT2D eigenvalue weighted by atomic mass is 10.1. The summed E-state index contributed by atoms with van der Waals surface area (Å²) in [5.41, 5.74) is -0.315. The molecular weight excluding hydrogens is 340 g/mol. The van der Waals surface area contributed by atoms with Crippen molar-refractivity contribution in [2.45, 2.75) is 31.7 Å². The predicted octanol–water partition coefficient (Wildman–Crippen LogP) is 2.04. The van der Waals surface area contributed by atoms with Crippen molar-refractivity contribution in [3.63, 3.8) is 0 Å². The lowest BCUT2D eigenvalue weighted by molar-refractivity contribution is -0.385. The van der Waals surface area contributed by atoms with Gasteiger partial charge >= 0.3 is 5.97 Å². The molecule has 0 radical (unpaired) electrons. The van der Waals surface area contributed by atoms with Gasteiger partial charge in [-0.25, -0.2) is 9.78 Å². The van der Waals surface area contributed by atoms with Crippen molar-refractivity contribution in [3.05, 3.63) is 33.7 Å². The lowest BCUT2D eigenvalue weighted by Crippen LogP contribution is -2.50. The van der Waals surface area contributed by atoms with Crippen molar-refractivity contribution < 1.29 is 19.9 Å². The van der Waals surface area contributed by atoms with Gasteiger partial charge in [-0.15, -0.1) is 0 Å². The van der Waals surface area contributed by atoms with Crippen LogP contribution in [0.15, 0.2) is 18.0 Å². The second kappa shape index (κ2) is 7.69. The Bertz CT molecular complexity index is 722. The lowest BCUT2D eigenvalue weighted by Gasteiger charge is -2.38. The highest BCUT2D eigenvalue weighted by Gasteiger charge is 2.27. The highest BCUT2D eigenvalue weighted by atomic mass is 16.6. The fourth-order valence-corrected chi connectivity index (χ4v) is 3.69. The summed E-state index contributed by atoms with van der Waals surface area (Å²) in [4.78, 5) is 30.0. The van der Waals surface area contributed by atoms with Gasteiger partial charge in [-0.05, 0) is 18.9 Å². The van der Waals surface area contributed by atoms with Gasteiger partial charge in [-0.1, -0.05) is 12.8 Å². The van der Waals surface area contributed by atoms with Crippen molar-refractivity contribution in [2.75, 3.05) is 31.1 Å². The van der Waals surface area contributed by atoms with Gasteiger partial charge < -0.3 is 15.1 Å². The Kier molecular flexibility index (Phi) is 5.36. The Morgan fingerprint density at radius 3 is 2.46 bits per heavy atom. The predicted molar refractivity (Wildman–Crippen MR) is 95.2 cm³/mol. The minimum atomic E-state index is -1.54. The molecule has 2 heterocycles.